The minimum Gasteiger partial charge on any atom is -0.480 e. The molecule has 2 aromatic carbocycles. The molecule has 1 amide bonds. The summed E-state index contributed by atoms with van der Waals surface area (Å²) in [4.78, 5) is 38.3. The maximum Gasteiger partial charge on any atom is 0.320 e. The molecule has 0 bridgehead atoms. The molecule has 0 radical (unpaired) electrons. The number of carboxylic acids is 1. The average Bonchev–Trinajstić information content (AvgIpc) is 2.86. The largest absolute Gasteiger partial charge is 0.480 e. The van der Waals surface area contributed by atoms with E-state index in [2.05, 4.69) is 52.9 Å². The Balaban J connectivity index is 0. The minimum absolute atomic E-state index is 0.140. The van der Waals surface area contributed by atoms with Crippen molar-refractivity contribution in [1.29, 1.82) is 0 Å². The second kappa shape index (κ2) is 19.9. The zero-order valence-corrected chi connectivity index (χ0v) is 21.7. The van der Waals surface area contributed by atoms with Crippen molar-refractivity contribution in [2.75, 3.05) is 12.4 Å². The van der Waals surface area contributed by atoms with Gasteiger partial charge in [-0.15, -0.1) is 0 Å². The van der Waals surface area contributed by atoms with Crippen LogP contribution in [0, 0.1) is 12.8 Å². The number of aryl methyl sites for hydroxylation is 1. The van der Waals surface area contributed by atoms with Crippen molar-refractivity contribution in [3.05, 3.63) is 65.1 Å². The molecule has 0 aliphatic rings. The van der Waals surface area contributed by atoms with E-state index in [1.807, 2.05) is 51.7 Å². The van der Waals surface area contributed by atoms with Gasteiger partial charge in [-0.25, -0.2) is 4.40 Å². The molecule has 0 aromatic heterocycles. The maximum absolute atomic E-state index is 12.0. The Morgan fingerprint density at radius 1 is 0.971 bits per heavy atom. The fraction of sp³-hybridized carbons (Fsp3) is 0.269. The van der Waals surface area contributed by atoms with E-state index < -0.39 is 12.0 Å². The van der Waals surface area contributed by atoms with Crippen LogP contribution in [0.15, 0.2) is 63.9 Å². The van der Waals surface area contributed by atoms with Gasteiger partial charge in [0.15, 0.2) is 0 Å². The van der Waals surface area contributed by atoms with Crippen molar-refractivity contribution < 1.29 is 24.3 Å². The summed E-state index contributed by atoms with van der Waals surface area (Å²) in [6, 6.07) is 15.8. The molecule has 3 N–H and O–H groups in total. The first-order valence-electron chi connectivity index (χ1n) is 10.4. The number of amides is 1. The number of aliphatic carboxylic acids is 1. The fourth-order valence-corrected chi connectivity index (χ4v) is 2.97. The number of rotatable bonds is 8. The van der Waals surface area contributed by atoms with E-state index in [9.17, 15) is 9.59 Å². The third-order valence-corrected chi connectivity index (χ3v) is 5.04. The highest BCUT2D eigenvalue weighted by Crippen LogP contribution is 2.22. The SMILES string of the molecule is C=NS/C=C(\C)C(=O)Nc1ccc(-c2ccc(C)cc2)cc1.C=O.C=O.CNC(C(=O)O)C(C)C. The Morgan fingerprint density at radius 3 is 1.77 bits per heavy atom. The van der Waals surface area contributed by atoms with Crippen LogP contribution in [-0.4, -0.2) is 50.4 Å². The number of hydrogen-bond donors (Lipinski definition) is 3. The molecule has 0 saturated carbocycles. The lowest BCUT2D eigenvalue weighted by Gasteiger charge is -2.13. The summed E-state index contributed by atoms with van der Waals surface area (Å²) >= 11 is 1.15. The summed E-state index contributed by atoms with van der Waals surface area (Å²) in [5.74, 6) is -0.778. The standard InChI is InChI=1S/C18H18N2OS.C6H13NO2.2CH2O/c1-13-4-6-15(7-5-13)16-8-10-17(11-9-16)20-18(21)14(2)12-22-19-3;1-4(2)5(7-3)6(8)9;2*1-2/h4-12H,3H2,1-2H3,(H,20,21);4-5,7H,1-3H3,(H,8,9);2*1H2/b14-12+;;;. The number of hydrogen-bond acceptors (Lipinski definition) is 7. The van der Waals surface area contributed by atoms with Gasteiger partial charge in [0.1, 0.15) is 19.6 Å². The number of carboxylic acid groups (broad SMARTS) is 1. The summed E-state index contributed by atoms with van der Waals surface area (Å²) < 4.78 is 3.63. The molecule has 8 nitrogen and oxygen atoms in total. The van der Waals surface area contributed by atoms with Crippen LogP contribution in [0.2, 0.25) is 0 Å². The van der Waals surface area contributed by atoms with Crippen LogP contribution >= 0.6 is 11.9 Å². The van der Waals surface area contributed by atoms with Gasteiger partial charge in [-0.2, -0.15) is 0 Å². The summed E-state index contributed by atoms with van der Waals surface area (Å²) in [6.45, 7) is 14.9. The predicted molar refractivity (Wildman–Crippen MR) is 146 cm³/mol. The molecule has 190 valence electrons. The van der Waals surface area contributed by atoms with Crippen molar-refractivity contribution >= 4 is 49.8 Å². The first-order chi connectivity index (χ1) is 16.7. The third kappa shape index (κ3) is 13.7. The smallest absolute Gasteiger partial charge is 0.320 e. The van der Waals surface area contributed by atoms with Gasteiger partial charge in [0, 0.05) is 28.6 Å². The molecule has 35 heavy (non-hydrogen) atoms. The maximum atomic E-state index is 12.0. The van der Waals surface area contributed by atoms with E-state index in [0.29, 0.717) is 5.57 Å². The van der Waals surface area contributed by atoms with Crippen molar-refractivity contribution in [2.45, 2.75) is 33.7 Å². The van der Waals surface area contributed by atoms with Crippen molar-refractivity contribution in [2.24, 2.45) is 10.3 Å². The van der Waals surface area contributed by atoms with E-state index in [1.54, 1.807) is 19.4 Å². The Labute approximate surface area is 212 Å². The van der Waals surface area contributed by atoms with Crippen LogP contribution in [0.4, 0.5) is 5.69 Å². The normalized spacial score (nSPS) is 10.7. The first-order valence-corrected chi connectivity index (χ1v) is 11.3. The highest BCUT2D eigenvalue weighted by atomic mass is 32.2. The number of nitrogens with one attached hydrogen (secondary N) is 2. The summed E-state index contributed by atoms with van der Waals surface area (Å²) in [6.07, 6.45) is 0. The number of carbonyl (C=O) groups is 4. The molecule has 0 fully saturated rings. The lowest BCUT2D eigenvalue weighted by atomic mass is 10.0. The Bertz CT molecular complexity index is 927. The van der Waals surface area contributed by atoms with Crippen LogP contribution in [0.3, 0.4) is 0 Å². The quantitative estimate of drug-likeness (QED) is 0.270. The van der Waals surface area contributed by atoms with E-state index in [0.717, 1.165) is 28.8 Å². The predicted octanol–water partition coefficient (Wildman–Crippen LogP) is 4.80. The minimum atomic E-state index is -0.785. The second-order valence-corrected chi connectivity index (χ2v) is 7.99. The van der Waals surface area contributed by atoms with Gasteiger partial charge in [0.2, 0.25) is 0 Å². The monoisotopic (exact) mass is 501 g/mol. The lowest BCUT2D eigenvalue weighted by molar-refractivity contribution is -0.140. The van der Waals surface area contributed by atoms with Crippen LogP contribution in [0.5, 0.6) is 0 Å². The van der Waals surface area contributed by atoms with Crippen molar-refractivity contribution in [3.8, 4) is 11.1 Å². The number of likely N-dealkylation sites (N-methyl/N-ethyl adjacent to an activating group) is 1. The first kappa shape index (κ1) is 33.6. The van der Waals surface area contributed by atoms with Crippen LogP contribution in [0.25, 0.3) is 11.1 Å². The molecule has 2 rings (SSSR count). The number of anilines is 1. The number of nitrogens with zero attached hydrogens (tertiary/aromatic N) is 1. The average molecular weight is 502 g/mol. The Morgan fingerprint density at radius 2 is 1.43 bits per heavy atom. The molecule has 2 aromatic rings. The molecule has 0 aliphatic heterocycles. The van der Waals surface area contributed by atoms with Gasteiger partial charge in [-0.05, 0) is 56.8 Å². The van der Waals surface area contributed by atoms with Gasteiger partial charge in [0.25, 0.3) is 5.91 Å². The van der Waals surface area contributed by atoms with Crippen LogP contribution in [0.1, 0.15) is 26.3 Å². The lowest BCUT2D eigenvalue weighted by Crippen LogP contribution is -2.38. The third-order valence-electron chi connectivity index (χ3n) is 4.43. The topological polar surface area (TPSA) is 125 Å². The van der Waals surface area contributed by atoms with Crippen molar-refractivity contribution in [1.82, 2.24) is 5.32 Å². The van der Waals surface area contributed by atoms with E-state index in [4.69, 9.17) is 14.7 Å². The Kier molecular flexibility index (Phi) is 19.1. The summed E-state index contributed by atoms with van der Waals surface area (Å²) in [7, 11) is 1.65. The molecule has 1 atom stereocenters. The highest BCUT2D eigenvalue weighted by molar-refractivity contribution is 8.01. The molecular formula is C26H35N3O5S. The van der Waals surface area contributed by atoms with E-state index in [1.165, 1.54) is 5.56 Å². The van der Waals surface area contributed by atoms with Crippen LogP contribution < -0.4 is 10.6 Å². The Hall–Kier alpha value is -3.56. The number of carbonyl (C=O) groups excluding carboxylic acids is 3. The second-order valence-electron chi connectivity index (χ2n) is 7.28. The fourth-order valence-electron chi connectivity index (χ4n) is 2.63. The van der Waals surface area contributed by atoms with Gasteiger partial charge >= 0.3 is 5.97 Å². The summed E-state index contributed by atoms with van der Waals surface area (Å²) in [5, 5.41) is 15.7. The van der Waals surface area contributed by atoms with Gasteiger partial charge in [-0.1, -0.05) is 55.8 Å². The zero-order chi connectivity index (χ0) is 27.4. The molecule has 0 aliphatic carbocycles. The zero-order valence-electron chi connectivity index (χ0n) is 20.9. The van der Waals surface area contributed by atoms with E-state index in [-0.39, 0.29) is 11.8 Å². The summed E-state index contributed by atoms with van der Waals surface area (Å²) in [5.41, 5.74) is 4.89. The van der Waals surface area contributed by atoms with Gasteiger partial charge in [-0.3, -0.25) is 9.59 Å². The number of benzene rings is 2. The molecule has 0 heterocycles. The molecule has 1 unspecified atom stereocenters. The molecule has 9 heteroatoms. The van der Waals surface area contributed by atoms with Crippen molar-refractivity contribution in [3.63, 3.8) is 0 Å². The molecule has 0 spiro atoms. The molecule has 0 saturated heterocycles. The van der Waals surface area contributed by atoms with Gasteiger partial charge < -0.3 is 25.3 Å². The van der Waals surface area contributed by atoms with E-state index >= 15 is 0 Å². The highest BCUT2D eigenvalue weighted by Gasteiger charge is 2.17. The van der Waals surface area contributed by atoms with Crippen LogP contribution in [-0.2, 0) is 19.2 Å². The molecular weight excluding hydrogens is 466 g/mol. The van der Waals surface area contributed by atoms with Gasteiger partial charge in [0.05, 0.1) is 0 Å².